The van der Waals surface area contributed by atoms with E-state index in [2.05, 4.69) is 45.8 Å². The fourth-order valence-corrected chi connectivity index (χ4v) is 4.51. The number of halogens is 1. The number of carbonyl (C=O) groups excluding carboxylic acids is 1. The molecule has 0 atom stereocenters. The van der Waals surface area contributed by atoms with E-state index in [-0.39, 0.29) is 18.1 Å². The van der Waals surface area contributed by atoms with Gasteiger partial charge in [-0.1, -0.05) is 42.0 Å². The Balaban J connectivity index is 1.21. The molecule has 1 aliphatic heterocycles. The largest absolute Gasteiger partial charge is 0.356 e. The van der Waals surface area contributed by atoms with Crippen LogP contribution < -0.4 is 10.2 Å². The SMILES string of the molecule is Cc1ccc(Cc2nsc(N3CCC(CNC(=O)Cc4ccc(F)cc4)CC3)n2)cc1. The first-order valence-electron chi connectivity index (χ1n) is 10.7. The van der Waals surface area contributed by atoms with Gasteiger partial charge < -0.3 is 10.2 Å². The third kappa shape index (κ3) is 6.10. The van der Waals surface area contributed by atoms with Crippen molar-refractivity contribution in [1.29, 1.82) is 0 Å². The molecule has 7 heteroatoms. The molecule has 0 spiro atoms. The zero-order valence-corrected chi connectivity index (χ0v) is 18.5. The minimum absolute atomic E-state index is 0.0149. The van der Waals surface area contributed by atoms with Crippen LogP contribution in [0.5, 0.6) is 0 Å². The number of piperidine rings is 1. The molecule has 1 saturated heterocycles. The number of aryl methyl sites for hydroxylation is 1. The minimum atomic E-state index is -0.284. The van der Waals surface area contributed by atoms with E-state index in [1.54, 1.807) is 12.1 Å². The van der Waals surface area contributed by atoms with E-state index >= 15 is 0 Å². The third-order valence-electron chi connectivity index (χ3n) is 5.69. The number of aromatic nitrogens is 2. The van der Waals surface area contributed by atoms with Crippen LogP contribution in [0.15, 0.2) is 48.5 Å². The Bertz CT molecular complexity index is 995. The van der Waals surface area contributed by atoms with Crippen molar-refractivity contribution in [1.82, 2.24) is 14.7 Å². The number of rotatable bonds is 7. The molecule has 0 radical (unpaired) electrons. The molecule has 1 amide bonds. The fraction of sp³-hybridized carbons (Fsp3) is 0.375. The van der Waals surface area contributed by atoms with E-state index in [9.17, 15) is 9.18 Å². The van der Waals surface area contributed by atoms with Crippen molar-refractivity contribution < 1.29 is 9.18 Å². The molecule has 1 aliphatic rings. The van der Waals surface area contributed by atoms with Crippen LogP contribution in [0.3, 0.4) is 0 Å². The summed E-state index contributed by atoms with van der Waals surface area (Å²) in [5, 5.41) is 4.02. The van der Waals surface area contributed by atoms with Crippen LogP contribution in [0.4, 0.5) is 9.52 Å². The molecule has 162 valence electrons. The van der Waals surface area contributed by atoms with Crippen LogP contribution >= 0.6 is 11.5 Å². The van der Waals surface area contributed by atoms with Crippen molar-refractivity contribution in [2.24, 2.45) is 5.92 Å². The lowest BCUT2D eigenvalue weighted by Gasteiger charge is -2.31. The molecule has 31 heavy (non-hydrogen) atoms. The highest BCUT2D eigenvalue weighted by Crippen LogP contribution is 2.25. The number of carbonyl (C=O) groups is 1. The Hall–Kier alpha value is -2.80. The molecule has 3 aromatic rings. The monoisotopic (exact) mass is 438 g/mol. The standard InChI is InChI=1S/C24H27FN4OS/c1-17-2-4-18(5-3-17)14-22-27-24(31-28-22)29-12-10-20(11-13-29)16-26-23(30)15-19-6-8-21(25)9-7-19/h2-9,20H,10-16H2,1H3,(H,26,30). The van der Waals surface area contributed by atoms with Gasteiger partial charge in [0.1, 0.15) is 11.6 Å². The highest BCUT2D eigenvalue weighted by Gasteiger charge is 2.22. The van der Waals surface area contributed by atoms with Gasteiger partial charge in [0.25, 0.3) is 0 Å². The summed E-state index contributed by atoms with van der Waals surface area (Å²) in [7, 11) is 0. The molecule has 0 aliphatic carbocycles. The number of benzene rings is 2. The van der Waals surface area contributed by atoms with Crippen LogP contribution in [0, 0.1) is 18.7 Å². The number of nitrogens with one attached hydrogen (secondary N) is 1. The van der Waals surface area contributed by atoms with Gasteiger partial charge in [-0.3, -0.25) is 4.79 Å². The van der Waals surface area contributed by atoms with E-state index in [1.807, 2.05) is 0 Å². The quantitative estimate of drug-likeness (QED) is 0.602. The van der Waals surface area contributed by atoms with E-state index < -0.39 is 0 Å². The molecule has 0 unspecified atom stereocenters. The molecule has 2 heterocycles. The Morgan fingerprint density at radius 1 is 1.10 bits per heavy atom. The second kappa shape index (κ2) is 10.0. The van der Waals surface area contributed by atoms with Crippen molar-refractivity contribution in [3.05, 3.63) is 76.9 Å². The molecule has 1 fully saturated rings. The minimum Gasteiger partial charge on any atom is -0.356 e. The zero-order chi connectivity index (χ0) is 21.6. The smallest absolute Gasteiger partial charge is 0.224 e. The number of amides is 1. The van der Waals surface area contributed by atoms with Crippen molar-refractivity contribution in [2.45, 2.75) is 32.6 Å². The first kappa shape index (κ1) is 21.4. The van der Waals surface area contributed by atoms with Gasteiger partial charge in [-0.2, -0.15) is 4.37 Å². The van der Waals surface area contributed by atoms with Gasteiger partial charge in [-0.05, 0) is 48.9 Å². The molecule has 0 saturated carbocycles. The third-order valence-corrected chi connectivity index (χ3v) is 6.51. The maximum atomic E-state index is 13.0. The van der Waals surface area contributed by atoms with Gasteiger partial charge in [0.15, 0.2) is 0 Å². The lowest BCUT2D eigenvalue weighted by atomic mass is 9.97. The second-order valence-electron chi connectivity index (χ2n) is 8.19. The first-order chi connectivity index (χ1) is 15.0. The average Bonchev–Trinajstić information content (AvgIpc) is 3.24. The summed E-state index contributed by atoms with van der Waals surface area (Å²) in [6.45, 7) is 4.63. The predicted molar refractivity (Wildman–Crippen MR) is 122 cm³/mol. The lowest BCUT2D eigenvalue weighted by Crippen LogP contribution is -2.39. The summed E-state index contributed by atoms with van der Waals surface area (Å²) in [6, 6.07) is 14.6. The van der Waals surface area contributed by atoms with E-state index in [0.29, 0.717) is 12.5 Å². The van der Waals surface area contributed by atoms with Crippen LogP contribution in [-0.4, -0.2) is 34.9 Å². The van der Waals surface area contributed by atoms with Crippen LogP contribution in [0.25, 0.3) is 0 Å². The molecular weight excluding hydrogens is 411 g/mol. The van der Waals surface area contributed by atoms with E-state index in [4.69, 9.17) is 4.98 Å². The van der Waals surface area contributed by atoms with Crippen molar-refractivity contribution in [3.8, 4) is 0 Å². The molecule has 5 nitrogen and oxygen atoms in total. The Labute approximate surface area is 186 Å². The molecule has 1 N–H and O–H groups in total. The van der Waals surface area contributed by atoms with Gasteiger partial charge >= 0.3 is 0 Å². The van der Waals surface area contributed by atoms with Gasteiger partial charge in [-0.25, -0.2) is 9.37 Å². The summed E-state index contributed by atoms with van der Waals surface area (Å²) >= 11 is 1.47. The molecular formula is C24H27FN4OS. The predicted octanol–water partition coefficient (Wildman–Crippen LogP) is 4.15. The Morgan fingerprint density at radius 2 is 1.77 bits per heavy atom. The number of anilines is 1. The summed E-state index contributed by atoms with van der Waals surface area (Å²) in [4.78, 5) is 19.2. The van der Waals surface area contributed by atoms with Gasteiger partial charge in [0.05, 0.1) is 6.42 Å². The topological polar surface area (TPSA) is 58.1 Å². The lowest BCUT2D eigenvalue weighted by molar-refractivity contribution is -0.120. The second-order valence-corrected chi connectivity index (χ2v) is 8.92. The first-order valence-corrected chi connectivity index (χ1v) is 11.5. The van der Waals surface area contributed by atoms with Crippen LogP contribution in [0.1, 0.15) is 35.4 Å². The highest BCUT2D eigenvalue weighted by molar-refractivity contribution is 7.09. The number of hydrogen-bond donors (Lipinski definition) is 1. The van der Waals surface area contributed by atoms with Crippen molar-refractivity contribution >= 4 is 22.6 Å². The molecule has 2 aromatic carbocycles. The number of hydrogen-bond acceptors (Lipinski definition) is 5. The normalized spacial score (nSPS) is 14.6. The summed E-state index contributed by atoms with van der Waals surface area (Å²) in [5.41, 5.74) is 3.31. The average molecular weight is 439 g/mol. The van der Waals surface area contributed by atoms with E-state index in [1.165, 1.54) is 34.8 Å². The fourth-order valence-electron chi connectivity index (χ4n) is 3.77. The molecule has 1 aromatic heterocycles. The van der Waals surface area contributed by atoms with Crippen molar-refractivity contribution in [2.75, 3.05) is 24.5 Å². The maximum Gasteiger partial charge on any atom is 0.224 e. The zero-order valence-electron chi connectivity index (χ0n) is 17.7. The molecule has 0 bridgehead atoms. The van der Waals surface area contributed by atoms with E-state index in [0.717, 1.165) is 48.9 Å². The van der Waals surface area contributed by atoms with Gasteiger partial charge in [0.2, 0.25) is 11.0 Å². The maximum absolute atomic E-state index is 13.0. The Morgan fingerprint density at radius 3 is 2.48 bits per heavy atom. The summed E-state index contributed by atoms with van der Waals surface area (Å²) in [6.07, 6.45) is 3.08. The van der Waals surface area contributed by atoms with Crippen LogP contribution in [0.2, 0.25) is 0 Å². The van der Waals surface area contributed by atoms with Crippen molar-refractivity contribution in [3.63, 3.8) is 0 Å². The Kier molecular flexibility index (Phi) is 6.92. The molecule has 4 rings (SSSR count). The summed E-state index contributed by atoms with van der Waals surface area (Å²) in [5.74, 6) is 1.04. The van der Waals surface area contributed by atoms with Gasteiger partial charge in [-0.15, -0.1) is 0 Å². The summed E-state index contributed by atoms with van der Waals surface area (Å²) < 4.78 is 17.5. The number of nitrogens with zero attached hydrogens (tertiary/aromatic N) is 3. The highest BCUT2D eigenvalue weighted by atomic mass is 32.1. The van der Waals surface area contributed by atoms with Gasteiger partial charge in [0, 0.05) is 37.6 Å². The van der Waals surface area contributed by atoms with Crippen LogP contribution in [-0.2, 0) is 17.6 Å².